The number of amides is 1. The molecule has 1 aromatic heterocycles. The van der Waals surface area contributed by atoms with E-state index in [2.05, 4.69) is 31.2 Å². The van der Waals surface area contributed by atoms with E-state index in [9.17, 15) is 9.59 Å². The Hall–Kier alpha value is -2.51. The summed E-state index contributed by atoms with van der Waals surface area (Å²) in [6, 6.07) is 13.0. The molecule has 0 aliphatic heterocycles. The lowest BCUT2D eigenvalue weighted by molar-refractivity contribution is -0.117. The molecule has 0 spiro atoms. The fourth-order valence-corrected chi connectivity index (χ4v) is 3.41. The summed E-state index contributed by atoms with van der Waals surface area (Å²) >= 11 is 3.47. The monoisotopic (exact) mass is 428 g/mol. The molecule has 2 aromatic carbocycles. The Bertz CT molecular complexity index is 1030. The van der Waals surface area contributed by atoms with E-state index in [1.54, 1.807) is 6.07 Å². The number of nitrogens with zero attached hydrogens (tertiary/aromatic N) is 2. The number of rotatable bonds is 6. The van der Waals surface area contributed by atoms with E-state index in [-0.39, 0.29) is 18.0 Å². The van der Waals surface area contributed by atoms with Crippen LogP contribution >= 0.6 is 15.9 Å². The number of H-pyrrole nitrogens is 1. The number of aromatic amines is 1. The van der Waals surface area contributed by atoms with Gasteiger partial charge in [0.2, 0.25) is 5.91 Å². The summed E-state index contributed by atoms with van der Waals surface area (Å²) in [6.07, 6.45) is 0. The van der Waals surface area contributed by atoms with E-state index in [0.29, 0.717) is 29.8 Å². The highest BCUT2D eigenvalue weighted by Gasteiger charge is 2.13. The zero-order valence-electron chi connectivity index (χ0n) is 15.3. The molecule has 140 valence electrons. The molecule has 7 heteroatoms. The van der Waals surface area contributed by atoms with Crippen LogP contribution in [0.4, 0.5) is 5.69 Å². The first kappa shape index (κ1) is 19.3. The van der Waals surface area contributed by atoms with Crippen LogP contribution in [0.5, 0.6) is 0 Å². The number of halogens is 1. The molecule has 6 nitrogen and oxygen atoms in total. The van der Waals surface area contributed by atoms with Gasteiger partial charge in [-0.15, -0.1) is 0 Å². The Morgan fingerprint density at radius 3 is 2.78 bits per heavy atom. The molecule has 1 amide bonds. The Labute approximate surface area is 165 Å². The van der Waals surface area contributed by atoms with E-state index >= 15 is 0 Å². The van der Waals surface area contributed by atoms with E-state index < -0.39 is 0 Å². The number of likely N-dealkylation sites (N-methyl/N-ethyl adjacent to an activating group) is 1. The van der Waals surface area contributed by atoms with Crippen LogP contribution in [-0.2, 0) is 11.3 Å². The van der Waals surface area contributed by atoms with Crippen LogP contribution in [0.3, 0.4) is 0 Å². The third-order valence-electron chi connectivity index (χ3n) is 4.25. The van der Waals surface area contributed by atoms with Gasteiger partial charge in [-0.05, 0) is 59.2 Å². The number of fused-ring (bicyclic) bond motifs is 1. The SMILES string of the molecule is CCN(CC(=O)Nc1ccc(C)cc1Br)Cc1nc2ccccc2c(=O)[nH]1. The molecule has 0 fully saturated rings. The predicted octanol–water partition coefficient (Wildman–Crippen LogP) is 3.45. The van der Waals surface area contributed by atoms with Crippen LogP contribution < -0.4 is 10.9 Å². The number of hydrogen-bond donors (Lipinski definition) is 2. The first-order valence-corrected chi connectivity index (χ1v) is 9.52. The van der Waals surface area contributed by atoms with Crippen molar-refractivity contribution in [2.75, 3.05) is 18.4 Å². The van der Waals surface area contributed by atoms with Gasteiger partial charge in [0.1, 0.15) is 5.82 Å². The van der Waals surface area contributed by atoms with Crippen molar-refractivity contribution in [1.29, 1.82) is 0 Å². The van der Waals surface area contributed by atoms with Gasteiger partial charge in [0.05, 0.1) is 29.7 Å². The summed E-state index contributed by atoms with van der Waals surface area (Å²) in [5.41, 5.74) is 2.33. The summed E-state index contributed by atoms with van der Waals surface area (Å²) in [5, 5.41) is 3.47. The molecule has 0 bridgehead atoms. The number of nitrogens with one attached hydrogen (secondary N) is 2. The van der Waals surface area contributed by atoms with Gasteiger partial charge >= 0.3 is 0 Å². The third kappa shape index (κ3) is 4.81. The zero-order chi connectivity index (χ0) is 19.4. The van der Waals surface area contributed by atoms with Crippen LogP contribution in [0.15, 0.2) is 51.7 Å². The Morgan fingerprint density at radius 2 is 2.04 bits per heavy atom. The topological polar surface area (TPSA) is 78.1 Å². The van der Waals surface area contributed by atoms with Gasteiger partial charge in [-0.3, -0.25) is 14.5 Å². The standard InChI is InChI=1S/C20H21BrN4O2/c1-3-25(12-19(26)23-17-9-8-13(2)10-15(17)21)11-18-22-16-7-5-4-6-14(16)20(27)24-18/h4-10H,3,11-12H2,1-2H3,(H,23,26)(H,22,24,27). The Balaban J connectivity index is 1.70. The largest absolute Gasteiger partial charge is 0.324 e. The van der Waals surface area contributed by atoms with E-state index in [4.69, 9.17) is 0 Å². The third-order valence-corrected chi connectivity index (χ3v) is 4.90. The fraction of sp³-hybridized carbons (Fsp3) is 0.250. The smallest absolute Gasteiger partial charge is 0.258 e. The minimum Gasteiger partial charge on any atom is -0.324 e. The van der Waals surface area contributed by atoms with Crippen molar-refractivity contribution >= 4 is 38.4 Å². The number of carbonyl (C=O) groups is 1. The second-order valence-corrected chi connectivity index (χ2v) is 7.22. The van der Waals surface area contributed by atoms with Gasteiger partial charge in [0, 0.05) is 4.47 Å². The number of anilines is 1. The highest BCUT2D eigenvalue weighted by atomic mass is 79.9. The van der Waals surface area contributed by atoms with Crippen molar-refractivity contribution in [3.05, 3.63) is 68.7 Å². The van der Waals surface area contributed by atoms with E-state index in [1.807, 2.05) is 55.1 Å². The van der Waals surface area contributed by atoms with Gasteiger partial charge in [-0.2, -0.15) is 0 Å². The van der Waals surface area contributed by atoms with Gasteiger partial charge in [-0.1, -0.05) is 25.1 Å². The Kier molecular flexibility index (Phi) is 6.03. The van der Waals surface area contributed by atoms with Crippen molar-refractivity contribution in [3.8, 4) is 0 Å². The zero-order valence-corrected chi connectivity index (χ0v) is 16.8. The second-order valence-electron chi connectivity index (χ2n) is 6.36. The molecule has 0 radical (unpaired) electrons. The first-order chi connectivity index (χ1) is 13.0. The minimum atomic E-state index is -0.167. The Morgan fingerprint density at radius 1 is 1.26 bits per heavy atom. The fourth-order valence-electron chi connectivity index (χ4n) is 2.82. The van der Waals surface area contributed by atoms with Crippen LogP contribution in [0.1, 0.15) is 18.3 Å². The summed E-state index contributed by atoms with van der Waals surface area (Å²) in [7, 11) is 0. The van der Waals surface area contributed by atoms with Gasteiger partial charge in [0.15, 0.2) is 0 Å². The van der Waals surface area contributed by atoms with Crippen molar-refractivity contribution in [3.63, 3.8) is 0 Å². The van der Waals surface area contributed by atoms with Crippen molar-refractivity contribution in [1.82, 2.24) is 14.9 Å². The molecule has 0 aliphatic carbocycles. The minimum absolute atomic E-state index is 0.121. The lowest BCUT2D eigenvalue weighted by Gasteiger charge is -2.19. The summed E-state index contributed by atoms with van der Waals surface area (Å²) in [6.45, 7) is 5.20. The van der Waals surface area contributed by atoms with Crippen molar-refractivity contribution in [2.45, 2.75) is 20.4 Å². The molecule has 0 saturated heterocycles. The summed E-state index contributed by atoms with van der Waals surface area (Å²) < 4.78 is 0.847. The molecule has 3 rings (SSSR count). The molecule has 27 heavy (non-hydrogen) atoms. The molecular formula is C20H21BrN4O2. The van der Waals surface area contributed by atoms with E-state index in [0.717, 1.165) is 15.7 Å². The second kappa shape index (κ2) is 8.45. The average molecular weight is 429 g/mol. The van der Waals surface area contributed by atoms with Crippen LogP contribution in [0, 0.1) is 6.92 Å². The van der Waals surface area contributed by atoms with Crippen LogP contribution in [-0.4, -0.2) is 33.9 Å². The van der Waals surface area contributed by atoms with Gasteiger partial charge < -0.3 is 10.3 Å². The molecule has 3 aromatic rings. The maximum absolute atomic E-state index is 12.4. The average Bonchev–Trinajstić information content (AvgIpc) is 2.63. The number of aromatic nitrogens is 2. The molecule has 0 atom stereocenters. The number of hydrogen-bond acceptors (Lipinski definition) is 4. The maximum atomic E-state index is 12.4. The first-order valence-electron chi connectivity index (χ1n) is 8.72. The van der Waals surface area contributed by atoms with Gasteiger partial charge in [0.25, 0.3) is 5.56 Å². The van der Waals surface area contributed by atoms with E-state index in [1.165, 1.54) is 0 Å². The normalized spacial score (nSPS) is 11.1. The van der Waals surface area contributed by atoms with Crippen LogP contribution in [0.25, 0.3) is 10.9 Å². The highest BCUT2D eigenvalue weighted by Crippen LogP contribution is 2.23. The molecule has 0 saturated carbocycles. The van der Waals surface area contributed by atoms with Crippen molar-refractivity contribution in [2.24, 2.45) is 0 Å². The van der Waals surface area contributed by atoms with Gasteiger partial charge in [-0.25, -0.2) is 4.98 Å². The molecular weight excluding hydrogens is 408 g/mol. The lowest BCUT2D eigenvalue weighted by Crippen LogP contribution is -2.34. The summed E-state index contributed by atoms with van der Waals surface area (Å²) in [4.78, 5) is 33.9. The van der Waals surface area contributed by atoms with Crippen molar-refractivity contribution < 1.29 is 4.79 Å². The molecule has 0 unspecified atom stereocenters. The molecule has 0 aliphatic rings. The highest BCUT2D eigenvalue weighted by molar-refractivity contribution is 9.10. The maximum Gasteiger partial charge on any atom is 0.258 e. The molecule has 2 N–H and O–H groups in total. The quantitative estimate of drug-likeness (QED) is 0.629. The number of aryl methyl sites for hydroxylation is 1. The summed E-state index contributed by atoms with van der Waals surface area (Å²) in [5.74, 6) is 0.425. The molecule has 1 heterocycles. The lowest BCUT2D eigenvalue weighted by atomic mass is 10.2. The van der Waals surface area contributed by atoms with Crippen LogP contribution in [0.2, 0.25) is 0 Å². The number of carbonyl (C=O) groups excluding carboxylic acids is 1. The number of benzene rings is 2. The number of para-hydroxylation sites is 1. The predicted molar refractivity (Wildman–Crippen MR) is 111 cm³/mol.